The van der Waals surface area contributed by atoms with Gasteiger partial charge in [0.05, 0.1) is 21.4 Å². The van der Waals surface area contributed by atoms with Crippen molar-refractivity contribution in [3.63, 3.8) is 0 Å². The largest absolute Gasteiger partial charge is 0.370 e. The van der Waals surface area contributed by atoms with Gasteiger partial charge in [0.15, 0.2) is 0 Å². The van der Waals surface area contributed by atoms with Crippen molar-refractivity contribution >= 4 is 40.5 Å². The molecule has 0 radical (unpaired) electrons. The van der Waals surface area contributed by atoms with Crippen LogP contribution in [0.4, 0.5) is 11.4 Å². The summed E-state index contributed by atoms with van der Waals surface area (Å²) in [7, 11) is 0. The van der Waals surface area contributed by atoms with Crippen molar-refractivity contribution < 1.29 is 4.79 Å². The Morgan fingerprint density at radius 1 is 1.28 bits per heavy atom. The molecule has 0 spiro atoms. The predicted octanol–water partition coefficient (Wildman–Crippen LogP) is 3.94. The van der Waals surface area contributed by atoms with Crippen molar-refractivity contribution in [1.29, 1.82) is 0 Å². The summed E-state index contributed by atoms with van der Waals surface area (Å²) in [5.41, 5.74) is 1.03. The third-order valence-corrected chi connectivity index (χ3v) is 3.73. The van der Waals surface area contributed by atoms with Gasteiger partial charge in [0, 0.05) is 6.54 Å². The van der Waals surface area contributed by atoms with E-state index >= 15 is 0 Å². The van der Waals surface area contributed by atoms with E-state index in [4.69, 9.17) is 23.2 Å². The lowest BCUT2D eigenvalue weighted by Crippen LogP contribution is -2.54. The van der Waals surface area contributed by atoms with Gasteiger partial charge in [-0.2, -0.15) is 0 Å². The number of carbonyl (C=O) groups excluding carboxylic acids is 1. The maximum atomic E-state index is 12.4. The summed E-state index contributed by atoms with van der Waals surface area (Å²) < 4.78 is 0. The van der Waals surface area contributed by atoms with E-state index in [1.165, 1.54) is 0 Å². The van der Waals surface area contributed by atoms with E-state index in [9.17, 15) is 4.79 Å². The van der Waals surface area contributed by atoms with Gasteiger partial charge in [-0.15, -0.1) is 0 Å². The first-order chi connectivity index (χ1) is 8.36. The van der Waals surface area contributed by atoms with Gasteiger partial charge in [-0.05, 0) is 32.4 Å². The molecule has 0 unspecified atom stereocenters. The van der Waals surface area contributed by atoms with Crippen LogP contribution in [0.25, 0.3) is 0 Å². The summed E-state index contributed by atoms with van der Waals surface area (Å²) in [6.45, 7) is 6.45. The highest BCUT2D eigenvalue weighted by atomic mass is 35.5. The molecule has 0 bridgehead atoms. The molecule has 1 aliphatic heterocycles. The molecule has 18 heavy (non-hydrogen) atoms. The highest BCUT2D eigenvalue weighted by Crippen LogP contribution is 2.40. The monoisotopic (exact) mass is 286 g/mol. The average Bonchev–Trinajstić information content (AvgIpc) is 2.28. The van der Waals surface area contributed by atoms with Crippen molar-refractivity contribution in [3.05, 3.63) is 22.2 Å². The molecule has 1 aromatic carbocycles. The Balaban J connectivity index is 2.56. The number of halogens is 2. The van der Waals surface area contributed by atoms with Crippen molar-refractivity contribution in [3.8, 4) is 0 Å². The van der Waals surface area contributed by atoms with E-state index in [0.29, 0.717) is 16.6 Å². The Bertz CT molecular complexity index is 500. The number of carbonyl (C=O) groups is 1. The van der Waals surface area contributed by atoms with Crippen LogP contribution in [0, 0.1) is 0 Å². The van der Waals surface area contributed by atoms with Crippen LogP contribution in [-0.4, -0.2) is 18.0 Å². The van der Waals surface area contributed by atoms with Crippen LogP contribution in [0.5, 0.6) is 0 Å². The van der Waals surface area contributed by atoms with Gasteiger partial charge in [0.1, 0.15) is 5.54 Å². The average molecular weight is 287 g/mol. The molecule has 0 fully saturated rings. The Morgan fingerprint density at radius 3 is 2.50 bits per heavy atom. The number of hydrogen-bond acceptors (Lipinski definition) is 2. The fourth-order valence-corrected chi connectivity index (χ4v) is 2.46. The normalized spacial score (nSPS) is 17.4. The highest BCUT2D eigenvalue weighted by molar-refractivity contribution is 6.42. The van der Waals surface area contributed by atoms with E-state index in [2.05, 4.69) is 5.32 Å². The number of anilines is 2. The van der Waals surface area contributed by atoms with Gasteiger partial charge in [0.25, 0.3) is 5.91 Å². The highest BCUT2D eigenvalue weighted by Gasteiger charge is 2.38. The van der Waals surface area contributed by atoms with E-state index < -0.39 is 5.54 Å². The summed E-state index contributed by atoms with van der Waals surface area (Å²) in [6.07, 6.45) is 0.890. The summed E-state index contributed by atoms with van der Waals surface area (Å²) in [5, 5.41) is 4.16. The summed E-state index contributed by atoms with van der Waals surface area (Å²) >= 11 is 12.1. The van der Waals surface area contributed by atoms with E-state index in [-0.39, 0.29) is 5.91 Å². The molecule has 98 valence electrons. The number of rotatable bonds is 2. The number of benzene rings is 1. The molecule has 3 nitrogen and oxygen atoms in total. The van der Waals surface area contributed by atoms with Crippen LogP contribution in [0.1, 0.15) is 27.2 Å². The molecule has 2 rings (SSSR count). The first-order valence-corrected chi connectivity index (χ1v) is 6.71. The molecule has 1 amide bonds. The minimum atomic E-state index is -0.626. The van der Waals surface area contributed by atoms with Crippen molar-refractivity contribution in [1.82, 2.24) is 0 Å². The van der Waals surface area contributed by atoms with Gasteiger partial charge in [0.2, 0.25) is 0 Å². The predicted molar refractivity (Wildman–Crippen MR) is 76.8 cm³/mol. The van der Waals surface area contributed by atoms with Gasteiger partial charge >= 0.3 is 0 Å². The lowest BCUT2D eigenvalue weighted by molar-refractivity contribution is -0.122. The van der Waals surface area contributed by atoms with E-state index in [1.54, 1.807) is 17.0 Å². The number of nitrogens with one attached hydrogen (secondary N) is 1. The van der Waals surface area contributed by atoms with Crippen LogP contribution in [0.15, 0.2) is 12.1 Å². The van der Waals surface area contributed by atoms with Crippen LogP contribution in [0.3, 0.4) is 0 Å². The van der Waals surface area contributed by atoms with Gasteiger partial charge in [-0.1, -0.05) is 30.1 Å². The van der Waals surface area contributed by atoms with Gasteiger partial charge < -0.3 is 10.2 Å². The second kappa shape index (κ2) is 4.63. The zero-order valence-corrected chi connectivity index (χ0v) is 12.2. The Hall–Kier alpha value is -0.930. The minimum Gasteiger partial charge on any atom is -0.370 e. The maximum Gasteiger partial charge on any atom is 0.252 e. The fraction of sp³-hybridized carbons (Fsp3) is 0.462. The third-order valence-electron chi connectivity index (χ3n) is 3.00. The van der Waals surface area contributed by atoms with Crippen molar-refractivity contribution in [2.45, 2.75) is 32.7 Å². The van der Waals surface area contributed by atoms with Gasteiger partial charge in [-0.25, -0.2) is 0 Å². The molecule has 1 aliphatic rings. The molecule has 1 aromatic rings. The molecule has 1 heterocycles. The molecule has 0 aliphatic carbocycles. The molecule has 0 saturated heterocycles. The smallest absolute Gasteiger partial charge is 0.252 e. The fourth-order valence-electron chi connectivity index (χ4n) is 2.14. The molecule has 0 atom stereocenters. The summed E-state index contributed by atoms with van der Waals surface area (Å²) in [5.74, 6) is 0.0511. The second-order valence-electron chi connectivity index (χ2n) is 4.99. The van der Waals surface area contributed by atoms with E-state index in [0.717, 1.165) is 17.8 Å². The molecule has 0 aromatic heterocycles. The van der Waals surface area contributed by atoms with Gasteiger partial charge in [-0.3, -0.25) is 4.79 Å². The quantitative estimate of drug-likeness (QED) is 0.893. The topological polar surface area (TPSA) is 32.3 Å². The van der Waals surface area contributed by atoms with Crippen LogP contribution in [-0.2, 0) is 4.79 Å². The third kappa shape index (κ3) is 2.17. The SMILES string of the molecule is CCCN1C(=O)C(C)(C)Nc2cc(Cl)c(Cl)cc21. The number of amides is 1. The first-order valence-electron chi connectivity index (χ1n) is 5.96. The Kier molecular flexibility index (Phi) is 3.47. The van der Waals surface area contributed by atoms with Crippen molar-refractivity contribution in [2.75, 3.05) is 16.8 Å². The zero-order chi connectivity index (χ0) is 13.5. The summed E-state index contributed by atoms with van der Waals surface area (Å²) in [6, 6.07) is 3.52. The standard InChI is InChI=1S/C13H16Cl2N2O/c1-4-5-17-11-7-9(15)8(14)6-10(11)16-13(2,3)12(17)18/h6-7,16H,4-5H2,1-3H3. The molecule has 5 heteroatoms. The first kappa shape index (κ1) is 13.5. The molecule has 1 N–H and O–H groups in total. The second-order valence-corrected chi connectivity index (χ2v) is 5.80. The maximum absolute atomic E-state index is 12.4. The van der Waals surface area contributed by atoms with Crippen molar-refractivity contribution in [2.24, 2.45) is 0 Å². The lowest BCUT2D eigenvalue weighted by atomic mass is 9.98. The van der Waals surface area contributed by atoms with E-state index in [1.807, 2.05) is 20.8 Å². The molecular weight excluding hydrogens is 271 g/mol. The zero-order valence-electron chi connectivity index (χ0n) is 10.7. The van der Waals surface area contributed by atoms with Crippen LogP contribution in [0.2, 0.25) is 10.0 Å². The molecule has 0 saturated carbocycles. The number of hydrogen-bond donors (Lipinski definition) is 1. The molecular formula is C13H16Cl2N2O. The number of nitrogens with zero attached hydrogens (tertiary/aromatic N) is 1. The Morgan fingerprint density at radius 2 is 1.89 bits per heavy atom. The number of fused-ring (bicyclic) bond motifs is 1. The summed E-state index contributed by atoms with van der Waals surface area (Å²) in [4.78, 5) is 14.2. The van der Waals surface area contributed by atoms with Crippen LogP contribution < -0.4 is 10.2 Å². The van der Waals surface area contributed by atoms with Crippen LogP contribution >= 0.6 is 23.2 Å². The minimum absolute atomic E-state index is 0.0511. The Labute approximate surface area is 117 Å². The lowest BCUT2D eigenvalue weighted by Gasteiger charge is -2.40.